The van der Waals surface area contributed by atoms with Gasteiger partial charge in [0.25, 0.3) is 0 Å². The van der Waals surface area contributed by atoms with Crippen LogP contribution in [-0.4, -0.2) is 17.8 Å². The summed E-state index contributed by atoms with van der Waals surface area (Å²) in [5.41, 5.74) is 5.25. The number of hydrogen-bond acceptors (Lipinski definition) is 5. The molecule has 0 aliphatic carbocycles. The number of rotatable bonds is 8. The molecule has 0 fully saturated rings. The van der Waals surface area contributed by atoms with Crippen LogP contribution in [0.15, 0.2) is 109 Å². The highest BCUT2D eigenvalue weighted by molar-refractivity contribution is 7.90. The molecule has 0 spiro atoms. The van der Waals surface area contributed by atoms with Gasteiger partial charge in [0.05, 0.1) is 5.41 Å². The number of anilines is 1. The van der Waals surface area contributed by atoms with Crippen molar-refractivity contribution in [3.05, 3.63) is 125 Å². The number of nitrogens with one attached hydrogen (secondary N) is 1. The molecule has 0 atom stereocenters. The lowest BCUT2D eigenvalue weighted by atomic mass is 10.1. The predicted molar refractivity (Wildman–Crippen MR) is 144 cm³/mol. The second-order valence-corrected chi connectivity index (χ2v) is 9.82. The monoisotopic (exact) mass is 495 g/mol. The zero-order valence-electron chi connectivity index (χ0n) is 19.7. The van der Waals surface area contributed by atoms with E-state index in [2.05, 4.69) is 17.4 Å². The summed E-state index contributed by atoms with van der Waals surface area (Å²) in [6, 6.07) is 30.3. The van der Waals surface area contributed by atoms with Crippen molar-refractivity contribution in [2.45, 2.75) is 13.5 Å². The number of aryl methyl sites for hydroxylation is 1. The number of nitrogens with zero attached hydrogens (tertiary/aromatic N) is 2. The van der Waals surface area contributed by atoms with E-state index < -0.39 is 10.1 Å². The Morgan fingerprint density at radius 3 is 2.44 bits per heavy atom. The van der Waals surface area contributed by atoms with Crippen molar-refractivity contribution >= 4 is 27.7 Å². The van der Waals surface area contributed by atoms with Crippen LogP contribution in [0.3, 0.4) is 0 Å². The van der Waals surface area contributed by atoms with Crippen LogP contribution in [0.4, 0.5) is 5.82 Å². The minimum atomic E-state index is -3.94. The molecule has 6 nitrogen and oxygen atoms in total. The first-order chi connectivity index (χ1) is 17.5. The van der Waals surface area contributed by atoms with Crippen molar-refractivity contribution in [1.82, 2.24) is 9.38 Å². The Kier molecular flexibility index (Phi) is 6.56. The smallest absolute Gasteiger partial charge is 0.332 e. The molecule has 36 heavy (non-hydrogen) atoms. The number of benzene rings is 3. The second kappa shape index (κ2) is 10.1. The lowest BCUT2D eigenvalue weighted by Gasteiger charge is -2.10. The number of fused-ring (bicyclic) bond motifs is 1. The number of pyridine rings is 1. The van der Waals surface area contributed by atoms with Gasteiger partial charge in [0.2, 0.25) is 0 Å². The van der Waals surface area contributed by atoms with E-state index in [1.807, 2.05) is 84.3 Å². The first-order valence-corrected chi connectivity index (χ1v) is 13.0. The topological polar surface area (TPSA) is 72.7 Å². The molecule has 5 aromatic rings. The molecular weight excluding hydrogens is 470 g/mol. The highest BCUT2D eigenvalue weighted by atomic mass is 32.2. The van der Waals surface area contributed by atoms with Gasteiger partial charge >= 0.3 is 10.1 Å². The maximum absolute atomic E-state index is 12.6. The molecule has 5 rings (SSSR count). The Labute approximate surface area is 210 Å². The van der Waals surface area contributed by atoms with E-state index in [0.717, 1.165) is 39.1 Å². The van der Waals surface area contributed by atoms with E-state index in [0.29, 0.717) is 12.2 Å². The van der Waals surface area contributed by atoms with Crippen LogP contribution in [0.5, 0.6) is 5.75 Å². The number of imidazole rings is 1. The number of aromatic nitrogens is 2. The highest BCUT2D eigenvalue weighted by Crippen LogP contribution is 2.32. The molecule has 0 aliphatic heterocycles. The normalized spacial score (nSPS) is 11.7. The van der Waals surface area contributed by atoms with Gasteiger partial charge in [-0.05, 0) is 54.0 Å². The summed E-state index contributed by atoms with van der Waals surface area (Å²) in [6.45, 7) is 2.64. The molecule has 7 heteroatoms. The van der Waals surface area contributed by atoms with Crippen molar-refractivity contribution in [2.24, 2.45) is 0 Å². The Hall–Kier alpha value is -4.36. The zero-order valence-corrected chi connectivity index (χ0v) is 20.5. The van der Waals surface area contributed by atoms with Gasteiger partial charge in [-0.15, -0.1) is 0 Å². The molecule has 0 radical (unpaired) electrons. The average molecular weight is 496 g/mol. The van der Waals surface area contributed by atoms with Gasteiger partial charge in [-0.25, -0.2) is 4.98 Å². The van der Waals surface area contributed by atoms with Crippen molar-refractivity contribution in [3.8, 4) is 17.0 Å². The Bertz CT molecular complexity index is 1630. The predicted octanol–water partition coefficient (Wildman–Crippen LogP) is 6.30. The largest absolute Gasteiger partial charge is 0.379 e. The molecule has 180 valence electrons. The molecule has 0 saturated heterocycles. The molecule has 2 heterocycles. The van der Waals surface area contributed by atoms with Gasteiger partial charge in [-0.2, -0.15) is 8.42 Å². The fourth-order valence-corrected chi connectivity index (χ4v) is 4.63. The molecule has 0 saturated carbocycles. The molecule has 2 aromatic heterocycles. The van der Waals surface area contributed by atoms with Crippen LogP contribution >= 0.6 is 0 Å². The summed E-state index contributed by atoms with van der Waals surface area (Å²) in [5, 5.41) is 4.57. The minimum Gasteiger partial charge on any atom is -0.379 e. The van der Waals surface area contributed by atoms with Gasteiger partial charge in [-0.1, -0.05) is 72.8 Å². The maximum Gasteiger partial charge on any atom is 0.332 e. The van der Waals surface area contributed by atoms with Crippen LogP contribution in [0.25, 0.3) is 23.0 Å². The molecule has 0 bridgehead atoms. The van der Waals surface area contributed by atoms with Crippen LogP contribution < -0.4 is 9.50 Å². The standard InChI is InChI=1S/C29H25N3O3S/c1-22-15-17-32-27(19-22)31-28(29(32)30-21-24-11-6-3-7-12-24)25-13-8-14-26(20-25)35-36(33,34)18-16-23-9-4-2-5-10-23/h2-20,30H,21H2,1H3. The first-order valence-electron chi connectivity index (χ1n) is 11.5. The lowest BCUT2D eigenvalue weighted by Crippen LogP contribution is -2.05. The van der Waals surface area contributed by atoms with E-state index in [-0.39, 0.29) is 5.75 Å². The molecule has 1 N–H and O–H groups in total. The zero-order chi connectivity index (χ0) is 25.0. The molecule has 0 aliphatic rings. The summed E-state index contributed by atoms with van der Waals surface area (Å²) in [4.78, 5) is 4.85. The van der Waals surface area contributed by atoms with Crippen molar-refractivity contribution in [1.29, 1.82) is 0 Å². The number of hydrogen-bond donors (Lipinski definition) is 1. The van der Waals surface area contributed by atoms with E-state index in [9.17, 15) is 8.42 Å². The second-order valence-electron chi connectivity index (χ2n) is 8.40. The van der Waals surface area contributed by atoms with Crippen LogP contribution in [0.1, 0.15) is 16.7 Å². The van der Waals surface area contributed by atoms with Gasteiger partial charge in [0.15, 0.2) is 0 Å². The fourth-order valence-electron chi connectivity index (χ4n) is 3.88. The van der Waals surface area contributed by atoms with Crippen molar-refractivity contribution in [3.63, 3.8) is 0 Å². The molecular formula is C29H25N3O3S. The third-order valence-electron chi connectivity index (χ3n) is 5.63. The van der Waals surface area contributed by atoms with Crippen LogP contribution in [0, 0.1) is 6.92 Å². The van der Waals surface area contributed by atoms with Crippen LogP contribution in [0.2, 0.25) is 0 Å². The van der Waals surface area contributed by atoms with E-state index in [1.54, 1.807) is 18.2 Å². The molecule has 0 amide bonds. The van der Waals surface area contributed by atoms with E-state index in [4.69, 9.17) is 9.17 Å². The quantitative estimate of drug-likeness (QED) is 0.256. The summed E-state index contributed by atoms with van der Waals surface area (Å²) in [6.07, 6.45) is 3.49. The summed E-state index contributed by atoms with van der Waals surface area (Å²) >= 11 is 0. The van der Waals surface area contributed by atoms with Gasteiger partial charge in [-0.3, -0.25) is 4.40 Å². The Morgan fingerprint density at radius 2 is 1.67 bits per heavy atom. The summed E-state index contributed by atoms with van der Waals surface area (Å²) < 4.78 is 32.5. The van der Waals surface area contributed by atoms with E-state index >= 15 is 0 Å². The first kappa shape index (κ1) is 23.4. The maximum atomic E-state index is 12.6. The third kappa shape index (κ3) is 5.47. The Balaban J connectivity index is 1.46. The van der Waals surface area contributed by atoms with Crippen molar-refractivity contribution < 1.29 is 12.6 Å². The minimum absolute atomic E-state index is 0.215. The van der Waals surface area contributed by atoms with E-state index in [1.165, 1.54) is 6.08 Å². The van der Waals surface area contributed by atoms with Gasteiger partial charge in [0.1, 0.15) is 22.9 Å². The Morgan fingerprint density at radius 1 is 0.917 bits per heavy atom. The SMILES string of the molecule is Cc1ccn2c(NCc3ccccc3)c(-c3cccc(OS(=O)(=O)C=Cc4ccccc4)c3)nc2c1. The highest BCUT2D eigenvalue weighted by Gasteiger charge is 2.16. The summed E-state index contributed by atoms with van der Waals surface area (Å²) in [7, 11) is -3.94. The van der Waals surface area contributed by atoms with Crippen molar-refractivity contribution in [2.75, 3.05) is 5.32 Å². The lowest BCUT2D eigenvalue weighted by molar-refractivity contribution is 0.497. The van der Waals surface area contributed by atoms with Crippen LogP contribution in [-0.2, 0) is 16.7 Å². The molecule has 0 unspecified atom stereocenters. The summed E-state index contributed by atoms with van der Waals surface area (Å²) in [5.74, 6) is 1.03. The average Bonchev–Trinajstić information content (AvgIpc) is 3.25. The van der Waals surface area contributed by atoms with Gasteiger partial charge in [0, 0.05) is 18.3 Å². The third-order valence-corrected chi connectivity index (χ3v) is 6.53. The fraction of sp³-hybridized carbons (Fsp3) is 0.0690. The molecule has 3 aromatic carbocycles. The van der Waals surface area contributed by atoms with Gasteiger partial charge < -0.3 is 9.50 Å².